The Kier molecular flexibility index (Phi) is 9.86. The summed E-state index contributed by atoms with van der Waals surface area (Å²) in [5.41, 5.74) is 7.81. The summed E-state index contributed by atoms with van der Waals surface area (Å²) in [4.78, 5) is 27.2. The molecule has 1 unspecified atom stereocenters. The molecule has 8 heteroatoms. The Balaban J connectivity index is 1.05. The van der Waals surface area contributed by atoms with Crippen LogP contribution in [0.3, 0.4) is 0 Å². The number of fused-ring (bicyclic) bond motifs is 3. The zero-order valence-corrected chi connectivity index (χ0v) is 26.2. The van der Waals surface area contributed by atoms with Crippen LogP contribution in [0, 0.1) is 0 Å². The molecule has 3 aromatic carbocycles. The minimum atomic E-state index is 0.0256. The fourth-order valence-corrected chi connectivity index (χ4v) is 6.47. The monoisotopic (exact) mass is 608 g/mol. The van der Waals surface area contributed by atoms with Gasteiger partial charge in [0.05, 0.1) is 5.69 Å². The third kappa shape index (κ3) is 7.65. The summed E-state index contributed by atoms with van der Waals surface area (Å²) < 4.78 is 0. The van der Waals surface area contributed by atoms with Gasteiger partial charge in [0.1, 0.15) is 0 Å². The summed E-state index contributed by atoms with van der Waals surface area (Å²) in [6.45, 7) is 6.55. The minimum Gasteiger partial charge on any atom is -0.354 e. The normalized spacial score (nSPS) is 16.6. The number of carbonyl (C=O) groups excluding carboxylic acids is 1. The Bertz CT molecular complexity index is 1570. The lowest BCUT2D eigenvalue weighted by Gasteiger charge is -2.32. The van der Waals surface area contributed by atoms with E-state index in [1.165, 1.54) is 16.7 Å². The van der Waals surface area contributed by atoms with Crippen LogP contribution in [0.1, 0.15) is 47.4 Å². The van der Waals surface area contributed by atoms with Crippen molar-refractivity contribution in [3.63, 3.8) is 0 Å². The molecule has 0 radical (unpaired) electrons. The molecule has 1 atom stereocenters. The SMILES string of the molecule is CN1CCN(CCCNc2ncc3c(n2)-c2ccccc2C(c2ccc(NC(=O)CCCc4cccc(Cl)c4)cc2)C3)CC1. The van der Waals surface area contributed by atoms with Gasteiger partial charge >= 0.3 is 0 Å². The van der Waals surface area contributed by atoms with Gasteiger partial charge < -0.3 is 20.4 Å². The Labute approximate surface area is 265 Å². The van der Waals surface area contributed by atoms with E-state index in [2.05, 4.69) is 68.9 Å². The molecule has 1 aromatic heterocycles. The Morgan fingerprint density at radius 1 is 0.977 bits per heavy atom. The van der Waals surface area contributed by atoms with E-state index in [1.54, 1.807) is 0 Å². The summed E-state index contributed by atoms with van der Waals surface area (Å²) in [7, 11) is 2.19. The molecule has 1 aliphatic carbocycles. The number of nitrogens with one attached hydrogen (secondary N) is 2. The number of hydrogen-bond acceptors (Lipinski definition) is 6. The molecule has 0 saturated carbocycles. The van der Waals surface area contributed by atoms with E-state index < -0.39 is 0 Å². The van der Waals surface area contributed by atoms with Gasteiger partial charge in [-0.25, -0.2) is 9.97 Å². The van der Waals surface area contributed by atoms with Crippen LogP contribution < -0.4 is 10.6 Å². The molecular formula is C36H41ClN6O. The zero-order chi connectivity index (χ0) is 30.3. The summed E-state index contributed by atoms with van der Waals surface area (Å²) in [5.74, 6) is 0.924. The van der Waals surface area contributed by atoms with E-state index in [0.717, 1.165) is 92.5 Å². The molecule has 1 aliphatic heterocycles. The number of rotatable bonds is 11. The fourth-order valence-electron chi connectivity index (χ4n) is 6.26. The van der Waals surface area contributed by atoms with Gasteiger partial charge in [-0.2, -0.15) is 0 Å². The van der Waals surface area contributed by atoms with Crippen molar-refractivity contribution < 1.29 is 4.79 Å². The number of aryl methyl sites for hydroxylation is 1. The summed E-state index contributed by atoms with van der Waals surface area (Å²) in [6, 6.07) is 24.7. The largest absolute Gasteiger partial charge is 0.354 e. The molecule has 2 heterocycles. The summed E-state index contributed by atoms with van der Waals surface area (Å²) in [6.07, 6.45) is 5.97. The van der Waals surface area contributed by atoms with Gasteiger partial charge in [0.2, 0.25) is 11.9 Å². The van der Waals surface area contributed by atoms with Crippen molar-refractivity contribution in [3.8, 4) is 11.3 Å². The zero-order valence-electron chi connectivity index (χ0n) is 25.4. The van der Waals surface area contributed by atoms with Gasteiger partial charge in [-0.1, -0.05) is 60.1 Å². The molecule has 1 amide bonds. The smallest absolute Gasteiger partial charge is 0.224 e. The van der Waals surface area contributed by atoms with Crippen LogP contribution in [0.4, 0.5) is 11.6 Å². The number of piperazine rings is 1. The number of aromatic nitrogens is 2. The molecule has 2 aliphatic rings. The number of halogens is 1. The standard InChI is InChI=1S/C36H41ClN6O/c1-42-19-21-43(22-20-42)18-6-17-38-36-39-25-28-24-33(31-10-2-3-11-32(31)35(28)41-36)27-13-15-30(16-14-27)40-34(44)12-5-8-26-7-4-9-29(37)23-26/h2-4,7,9-11,13-16,23,25,33H,5-6,8,12,17-22,24H2,1H3,(H,40,44)(H,38,39,41). The highest BCUT2D eigenvalue weighted by molar-refractivity contribution is 6.30. The third-order valence-electron chi connectivity index (χ3n) is 8.77. The Morgan fingerprint density at radius 2 is 1.80 bits per heavy atom. The Hall–Kier alpha value is -3.78. The predicted molar refractivity (Wildman–Crippen MR) is 180 cm³/mol. The van der Waals surface area contributed by atoms with Gasteiger partial charge in [-0.05, 0) is 85.8 Å². The van der Waals surface area contributed by atoms with Crippen LogP contribution >= 0.6 is 11.6 Å². The average Bonchev–Trinajstić information content (AvgIpc) is 3.04. The van der Waals surface area contributed by atoms with Gasteiger partial charge in [-0.15, -0.1) is 0 Å². The van der Waals surface area contributed by atoms with Crippen molar-refractivity contribution in [2.24, 2.45) is 0 Å². The maximum Gasteiger partial charge on any atom is 0.224 e. The fraction of sp³-hybridized carbons (Fsp3) is 0.361. The number of carbonyl (C=O) groups is 1. The molecule has 44 heavy (non-hydrogen) atoms. The van der Waals surface area contributed by atoms with Crippen molar-refractivity contribution >= 4 is 29.1 Å². The van der Waals surface area contributed by atoms with Crippen molar-refractivity contribution in [1.82, 2.24) is 19.8 Å². The maximum atomic E-state index is 12.6. The van der Waals surface area contributed by atoms with Crippen molar-refractivity contribution in [2.75, 3.05) is 56.9 Å². The first-order chi connectivity index (χ1) is 21.5. The van der Waals surface area contributed by atoms with Gasteiger partial charge in [0.25, 0.3) is 0 Å². The third-order valence-corrected chi connectivity index (χ3v) is 9.00. The van der Waals surface area contributed by atoms with Crippen LogP contribution in [0.2, 0.25) is 5.02 Å². The van der Waals surface area contributed by atoms with Crippen LogP contribution in [0.25, 0.3) is 11.3 Å². The molecule has 4 aromatic rings. The van der Waals surface area contributed by atoms with E-state index >= 15 is 0 Å². The lowest BCUT2D eigenvalue weighted by Crippen LogP contribution is -2.44. The van der Waals surface area contributed by atoms with Crippen molar-refractivity contribution in [2.45, 2.75) is 38.0 Å². The average molecular weight is 609 g/mol. The molecule has 1 fully saturated rings. The second-order valence-electron chi connectivity index (χ2n) is 12.0. The van der Waals surface area contributed by atoms with Gasteiger partial charge in [0.15, 0.2) is 0 Å². The van der Waals surface area contributed by atoms with Crippen molar-refractivity contribution in [3.05, 3.63) is 106 Å². The maximum absolute atomic E-state index is 12.6. The summed E-state index contributed by atoms with van der Waals surface area (Å²) in [5, 5.41) is 7.25. The number of anilines is 2. The van der Waals surface area contributed by atoms with E-state index in [4.69, 9.17) is 16.6 Å². The molecule has 2 N–H and O–H groups in total. The lowest BCUT2D eigenvalue weighted by atomic mass is 9.78. The van der Waals surface area contributed by atoms with E-state index in [-0.39, 0.29) is 11.8 Å². The van der Waals surface area contributed by atoms with Crippen LogP contribution in [-0.2, 0) is 17.6 Å². The molecule has 0 spiro atoms. The second-order valence-corrected chi connectivity index (χ2v) is 12.4. The first-order valence-corrected chi connectivity index (χ1v) is 16.1. The van der Waals surface area contributed by atoms with E-state index in [9.17, 15) is 4.79 Å². The number of likely N-dealkylation sites (N-methyl/N-ethyl adjacent to an activating group) is 1. The molecule has 0 bridgehead atoms. The van der Waals surface area contributed by atoms with E-state index in [1.807, 2.05) is 42.6 Å². The molecular weight excluding hydrogens is 568 g/mol. The number of amides is 1. The number of hydrogen-bond donors (Lipinski definition) is 2. The predicted octanol–water partition coefficient (Wildman–Crippen LogP) is 6.50. The molecule has 228 valence electrons. The molecule has 6 rings (SSSR count). The number of nitrogens with zero attached hydrogens (tertiary/aromatic N) is 4. The first kappa shape index (κ1) is 30.3. The minimum absolute atomic E-state index is 0.0256. The number of benzene rings is 3. The van der Waals surface area contributed by atoms with Crippen molar-refractivity contribution in [1.29, 1.82) is 0 Å². The van der Waals surface area contributed by atoms with Crippen LogP contribution in [-0.4, -0.2) is 72.0 Å². The lowest BCUT2D eigenvalue weighted by molar-refractivity contribution is -0.116. The van der Waals surface area contributed by atoms with Crippen LogP contribution in [0.15, 0.2) is 79.0 Å². The van der Waals surface area contributed by atoms with Gasteiger partial charge in [-0.3, -0.25) is 4.79 Å². The first-order valence-electron chi connectivity index (χ1n) is 15.8. The highest BCUT2D eigenvalue weighted by Gasteiger charge is 2.27. The highest BCUT2D eigenvalue weighted by Crippen LogP contribution is 2.42. The van der Waals surface area contributed by atoms with Gasteiger partial charge in [0, 0.05) is 67.5 Å². The molecule has 7 nitrogen and oxygen atoms in total. The topological polar surface area (TPSA) is 73.4 Å². The summed E-state index contributed by atoms with van der Waals surface area (Å²) >= 11 is 6.08. The highest BCUT2D eigenvalue weighted by atomic mass is 35.5. The Morgan fingerprint density at radius 3 is 2.61 bits per heavy atom. The molecule has 1 saturated heterocycles. The van der Waals surface area contributed by atoms with E-state index in [0.29, 0.717) is 12.4 Å². The van der Waals surface area contributed by atoms with Crippen LogP contribution in [0.5, 0.6) is 0 Å². The quantitative estimate of drug-likeness (QED) is 0.190. The second kappa shape index (κ2) is 14.3.